The van der Waals surface area contributed by atoms with Crippen LogP contribution < -0.4 is 16.7 Å². The van der Waals surface area contributed by atoms with Crippen LogP contribution in [0, 0.1) is 5.82 Å². The number of benzene rings is 2. The normalized spacial score (nSPS) is 13.5. The van der Waals surface area contributed by atoms with Crippen LogP contribution in [-0.2, 0) is 0 Å². The van der Waals surface area contributed by atoms with E-state index in [-0.39, 0.29) is 51.0 Å². The quantitative estimate of drug-likeness (QED) is 0.292. The van der Waals surface area contributed by atoms with Gasteiger partial charge in [0.15, 0.2) is 11.5 Å². The molecule has 0 aliphatic carbocycles. The van der Waals surface area contributed by atoms with E-state index in [1.54, 1.807) is 19.9 Å². The van der Waals surface area contributed by atoms with E-state index in [0.717, 1.165) is 6.07 Å². The van der Waals surface area contributed by atoms with Gasteiger partial charge < -0.3 is 21.3 Å². The highest BCUT2D eigenvalue weighted by atomic mass is 35.5. The number of hydrogen-bond donors (Lipinski definition) is 4. The molecule has 11 nitrogen and oxygen atoms in total. The van der Waals surface area contributed by atoms with Crippen molar-refractivity contribution in [2.75, 3.05) is 11.1 Å². The number of phenolic OH excluding ortho intramolecular Hbond substituents is 1. The number of rotatable bonds is 5. The number of aromatic hydroxyl groups is 1. The molecule has 0 atom stereocenters. The first kappa shape index (κ1) is 25.9. The summed E-state index contributed by atoms with van der Waals surface area (Å²) in [5.41, 5.74) is 6.56. The third-order valence-corrected chi connectivity index (χ3v) is 6.35. The molecule has 200 valence electrons. The second-order valence-electron chi connectivity index (χ2n) is 9.03. The molecule has 0 bridgehead atoms. The predicted octanol–water partition coefficient (Wildman–Crippen LogP) is 3.83. The van der Waals surface area contributed by atoms with E-state index in [2.05, 4.69) is 15.3 Å². The van der Waals surface area contributed by atoms with Crippen molar-refractivity contribution in [2.24, 2.45) is 0 Å². The minimum Gasteiger partial charge on any atom is -0.506 e. The minimum absolute atomic E-state index is 0.0223. The number of nitrogens with zero attached hydrogens (tertiary/aromatic N) is 5. The number of phenols is 1. The van der Waals surface area contributed by atoms with Gasteiger partial charge in [-0.1, -0.05) is 11.6 Å². The summed E-state index contributed by atoms with van der Waals surface area (Å²) in [6, 6.07) is 7.84. The molecule has 3 heterocycles. The van der Waals surface area contributed by atoms with E-state index >= 15 is 4.39 Å². The second kappa shape index (κ2) is 9.89. The SMILES string of the molecule is CC(C)n1c(=O)n(-c2ccc(Cl)c(O)c2)c2c(N)nc(Nc3ccc(C(=O)N4C=CC(O)C=C4)cc3F)nc21. The summed E-state index contributed by atoms with van der Waals surface area (Å²) in [6.45, 7) is 3.58. The number of anilines is 3. The molecule has 0 saturated heterocycles. The van der Waals surface area contributed by atoms with Crippen LogP contribution in [0.15, 0.2) is 65.7 Å². The fourth-order valence-corrected chi connectivity index (χ4v) is 4.28. The largest absolute Gasteiger partial charge is 0.506 e. The predicted molar refractivity (Wildman–Crippen MR) is 145 cm³/mol. The first-order valence-corrected chi connectivity index (χ1v) is 12.2. The molecule has 39 heavy (non-hydrogen) atoms. The van der Waals surface area contributed by atoms with Gasteiger partial charge in [-0.05, 0) is 56.3 Å². The Kier molecular flexibility index (Phi) is 6.58. The number of hydrogen-bond acceptors (Lipinski definition) is 8. The molecule has 4 aromatic rings. The number of nitrogens with two attached hydrogens (primary N) is 1. The molecule has 0 unspecified atom stereocenters. The Morgan fingerprint density at radius 1 is 1.15 bits per heavy atom. The number of aliphatic hydroxyl groups is 1. The van der Waals surface area contributed by atoms with Gasteiger partial charge in [-0.3, -0.25) is 18.8 Å². The number of nitrogen functional groups attached to an aromatic ring is 1. The van der Waals surface area contributed by atoms with E-state index < -0.39 is 23.5 Å². The Hall–Kier alpha value is -4.68. The average Bonchev–Trinajstić information content (AvgIpc) is 3.19. The fraction of sp³-hybridized carbons (Fsp3) is 0.154. The van der Waals surface area contributed by atoms with Gasteiger partial charge >= 0.3 is 5.69 Å². The zero-order chi connectivity index (χ0) is 28.0. The van der Waals surface area contributed by atoms with E-state index in [4.69, 9.17) is 17.3 Å². The van der Waals surface area contributed by atoms with Crippen molar-refractivity contribution in [2.45, 2.75) is 26.0 Å². The first-order valence-electron chi connectivity index (χ1n) is 11.8. The molecule has 0 fully saturated rings. The summed E-state index contributed by atoms with van der Waals surface area (Å²) in [5.74, 6) is -1.58. The minimum atomic E-state index is -0.788. The van der Waals surface area contributed by atoms with Crippen molar-refractivity contribution in [1.29, 1.82) is 0 Å². The van der Waals surface area contributed by atoms with Gasteiger partial charge in [-0.25, -0.2) is 9.18 Å². The van der Waals surface area contributed by atoms with Crippen molar-refractivity contribution in [3.8, 4) is 11.4 Å². The number of nitrogens with one attached hydrogen (secondary N) is 1. The second-order valence-corrected chi connectivity index (χ2v) is 9.44. The molecule has 1 amide bonds. The van der Waals surface area contributed by atoms with Gasteiger partial charge in [0.1, 0.15) is 17.1 Å². The molecular formula is C26H23ClFN7O4. The molecule has 0 saturated carbocycles. The van der Waals surface area contributed by atoms with E-state index in [1.807, 2.05) is 0 Å². The lowest BCUT2D eigenvalue weighted by molar-refractivity contribution is 0.0864. The van der Waals surface area contributed by atoms with Crippen LogP contribution in [0.3, 0.4) is 0 Å². The number of amides is 1. The van der Waals surface area contributed by atoms with Gasteiger partial charge in [0, 0.05) is 30.1 Å². The van der Waals surface area contributed by atoms with Crippen molar-refractivity contribution in [1.82, 2.24) is 24.0 Å². The van der Waals surface area contributed by atoms with Crippen molar-refractivity contribution in [3.63, 3.8) is 0 Å². The van der Waals surface area contributed by atoms with Crippen molar-refractivity contribution < 1.29 is 19.4 Å². The number of halogens is 2. The summed E-state index contributed by atoms with van der Waals surface area (Å²) in [7, 11) is 0. The molecule has 2 aromatic carbocycles. The van der Waals surface area contributed by atoms with Crippen LogP contribution in [0.4, 0.5) is 21.8 Å². The van der Waals surface area contributed by atoms with Crippen LogP contribution in [0.1, 0.15) is 30.2 Å². The number of aliphatic hydroxyl groups excluding tert-OH is 1. The molecule has 2 aromatic heterocycles. The summed E-state index contributed by atoms with van der Waals surface area (Å²) in [6.07, 6.45) is 4.84. The standard InChI is InChI=1S/C26H23ClFN7O4/c1-13(2)34-23-21(35(26(34)39)15-4-5-17(27)20(37)12-15)22(29)31-25(32-23)30-19-6-3-14(11-18(19)28)24(38)33-9-7-16(36)8-10-33/h3-13,16,36-37H,1-2H3,(H3,29,30,31,32). The summed E-state index contributed by atoms with van der Waals surface area (Å²) >= 11 is 5.93. The van der Waals surface area contributed by atoms with Crippen LogP contribution in [0.5, 0.6) is 5.75 Å². The van der Waals surface area contributed by atoms with Crippen LogP contribution in [0.2, 0.25) is 5.02 Å². The topological polar surface area (TPSA) is 152 Å². The van der Waals surface area contributed by atoms with Crippen LogP contribution >= 0.6 is 11.6 Å². The summed E-state index contributed by atoms with van der Waals surface area (Å²) < 4.78 is 17.7. The third-order valence-electron chi connectivity index (χ3n) is 6.03. The maximum atomic E-state index is 15.0. The monoisotopic (exact) mass is 551 g/mol. The zero-order valence-electron chi connectivity index (χ0n) is 20.7. The number of fused-ring (bicyclic) bond motifs is 1. The lowest BCUT2D eigenvalue weighted by Gasteiger charge is -2.18. The average molecular weight is 552 g/mol. The zero-order valence-corrected chi connectivity index (χ0v) is 21.5. The number of carbonyl (C=O) groups excluding carboxylic acids is 1. The summed E-state index contributed by atoms with van der Waals surface area (Å²) in [5, 5.41) is 22.5. The maximum absolute atomic E-state index is 15.0. The lowest BCUT2D eigenvalue weighted by Crippen LogP contribution is -2.24. The molecule has 5 rings (SSSR count). The Balaban J connectivity index is 1.53. The molecule has 1 aliphatic heterocycles. The highest BCUT2D eigenvalue weighted by Crippen LogP contribution is 2.30. The number of carbonyl (C=O) groups is 1. The highest BCUT2D eigenvalue weighted by Gasteiger charge is 2.23. The van der Waals surface area contributed by atoms with E-state index in [0.29, 0.717) is 5.69 Å². The Bertz CT molecular complexity index is 1730. The van der Waals surface area contributed by atoms with Crippen molar-refractivity contribution >= 4 is 46.1 Å². The maximum Gasteiger partial charge on any atom is 0.335 e. The molecule has 1 aliphatic rings. The van der Waals surface area contributed by atoms with Gasteiger partial charge in [-0.15, -0.1) is 0 Å². The smallest absolute Gasteiger partial charge is 0.335 e. The van der Waals surface area contributed by atoms with E-state index in [1.165, 1.54) is 62.9 Å². The highest BCUT2D eigenvalue weighted by molar-refractivity contribution is 6.32. The fourth-order valence-electron chi connectivity index (χ4n) is 4.17. The first-order chi connectivity index (χ1) is 18.5. The van der Waals surface area contributed by atoms with Crippen LogP contribution in [0.25, 0.3) is 16.9 Å². The summed E-state index contributed by atoms with van der Waals surface area (Å²) in [4.78, 5) is 36.0. The number of aromatic nitrogens is 4. The lowest BCUT2D eigenvalue weighted by atomic mass is 10.1. The molecule has 13 heteroatoms. The van der Waals surface area contributed by atoms with Crippen molar-refractivity contribution in [3.05, 3.63) is 87.8 Å². The van der Waals surface area contributed by atoms with Crippen LogP contribution in [-0.4, -0.2) is 46.2 Å². The van der Waals surface area contributed by atoms with Gasteiger partial charge in [0.05, 0.1) is 22.5 Å². The Morgan fingerprint density at radius 2 is 1.87 bits per heavy atom. The third kappa shape index (κ3) is 4.71. The Morgan fingerprint density at radius 3 is 2.51 bits per heavy atom. The molecular weight excluding hydrogens is 529 g/mol. The number of imidazole rings is 1. The van der Waals surface area contributed by atoms with Gasteiger partial charge in [-0.2, -0.15) is 9.97 Å². The van der Waals surface area contributed by atoms with Gasteiger partial charge in [0.25, 0.3) is 5.91 Å². The van der Waals surface area contributed by atoms with E-state index in [9.17, 15) is 19.8 Å². The molecule has 0 spiro atoms. The molecule has 5 N–H and O–H groups in total. The Labute approximate surface area is 225 Å². The molecule has 0 radical (unpaired) electrons. The van der Waals surface area contributed by atoms with Gasteiger partial charge in [0.2, 0.25) is 5.95 Å².